The fourth-order valence-corrected chi connectivity index (χ4v) is 1.80. The number of esters is 1. The first-order chi connectivity index (χ1) is 10.6. The van der Waals surface area contributed by atoms with E-state index in [1.54, 1.807) is 12.1 Å². The van der Waals surface area contributed by atoms with Crippen LogP contribution in [0.3, 0.4) is 0 Å². The van der Waals surface area contributed by atoms with Crippen molar-refractivity contribution in [2.45, 2.75) is 38.5 Å². The number of aliphatic hydroxyl groups is 1. The first kappa shape index (κ1) is 19.0. The van der Waals surface area contributed by atoms with Crippen molar-refractivity contribution in [3.05, 3.63) is 29.8 Å². The number of benzene rings is 1. The van der Waals surface area contributed by atoms with Gasteiger partial charge in [-0.1, -0.05) is 19.1 Å². The minimum Gasteiger partial charge on any atom is -0.464 e. The van der Waals surface area contributed by atoms with E-state index in [0.717, 1.165) is 12.0 Å². The SMILES string of the molecule is CCOC(=O)[C@@](O)(CC(=O)Nc1ccc(CC)cc1)C(F)(F)F. The van der Waals surface area contributed by atoms with Gasteiger partial charge in [0, 0.05) is 5.69 Å². The van der Waals surface area contributed by atoms with Crippen LogP contribution in [-0.4, -0.2) is 35.4 Å². The van der Waals surface area contributed by atoms with E-state index in [-0.39, 0.29) is 12.3 Å². The van der Waals surface area contributed by atoms with E-state index in [0.29, 0.717) is 0 Å². The van der Waals surface area contributed by atoms with Crippen molar-refractivity contribution >= 4 is 17.6 Å². The Labute approximate surface area is 131 Å². The number of ether oxygens (including phenoxy) is 1. The fraction of sp³-hybridized carbons (Fsp3) is 0.467. The lowest BCUT2D eigenvalue weighted by Gasteiger charge is -2.27. The Morgan fingerprint density at radius 1 is 1.17 bits per heavy atom. The first-order valence-electron chi connectivity index (χ1n) is 6.99. The summed E-state index contributed by atoms with van der Waals surface area (Å²) in [5.41, 5.74) is -2.63. The van der Waals surface area contributed by atoms with Gasteiger partial charge in [0.25, 0.3) is 5.60 Å². The van der Waals surface area contributed by atoms with Gasteiger partial charge in [0.1, 0.15) is 0 Å². The molecule has 1 amide bonds. The summed E-state index contributed by atoms with van der Waals surface area (Å²) in [6.07, 6.45) is -6.04. The Kier molecular flexibility index (Phi) is 6.14. The minimum absolute atomic E-state index is 0.264. The highest BCUT2D eigenvalue weighted by molar-refractivity contribution is 5.96. The van der Waals surface area contributed by atoms with E-state index in [1.807, 2.05) is 6.92 Å². The van der Waals surface area contributed by atoms with Gasteiger partial charge >= 0.3 is 12.1 Å². The van der Waals surface area contributed by atoms with Crippen LogP contribution in [0.25, 0.3) is 0 Å². The van der Waals surface area contributed by atoms with Crippen molar-refractivity contribution < 1.29 is 32.6 Å². The molecule has 0 unspecified atom stereocenters. The molecule has 0 aliphatic heterocycles. The molecule has 23 heavy (non-hydrogen) atoms. The lowest BCUT2D eigenvalue weighted by Crippen LogP contribution is -2.54. The Balaban J connectivity index is 2.86. The number of nitrogens with one attached hydrogen (secondary N) is 1. The number of carbonyl (C=O) groups excluding carboxylic acids is 2. The summed E-state index contributed by atoms with van der Waals surface area (Å²) < 4.78 is 43.1. The quantitative estimate of drug-likeness (QED) is 0.784. The molecular weight excluding hydrogens is 315 g/mol. The zero-order valence-electron chi connectivity index (χ0n) is 12.7. The van der Waals surface area contributed by atoms with Gasteiger partial charge < -0.3 is 15.2 Å². The van der Waals surface area contributed by atoms with E-state index in [4.69, 9.17) is 0 Å². The van der Waals surface area contributed by atoms with Gasteiger partial charge in [0.2, 0.25) is 5.91 Å². The highest BCUT2D eigenvalue weighted by atomic mass is 19.4. The van der Waals surface area contributed by atoms with Gasteiger partial charge in [-0.15, -0.1) is 0 Å². The van der Waals surface area contributed by atoms with Crippen LogP contribution in [0.5, 0.6) is 0 Å². The Morgan fingerprint density at radius 3 is 2.17 bits per heavy atom. The van der Waals surface area contributed by atoms with Crippen LogP contribution in [0.15, 0.2) is 24.3 Å². The van der Waals surface area contributed by atoms with Crippen LogP contribution in [0, 0.1) is 0 Å². The predicted octanol–water partition coefficient (Wildman–Crippen LogP) is 2.43. The molecule has 5 nitrogen and oxygen atoms in total. The van der Waals surface area contributed by atoms with Gasteiger partial charge in [0.15, 0.2) is 0 Å². The van der Waals surface area contributed by atoms with Crippen LogP contribution in [0.2, 0.25) is 0 Å². The maximum absolute atomic E-state index is 12.9. The molecule has 0 saturated carbocycles. The second-order valence-corrected chi connectivity index (χ2v) is 4.85. The number of alkyl halides is 3. The number of hydrogen-bond donors (Lipinski definition) is 2. The molecule has 128 valence electrons. The van der Waals surface area contributed by atoms with Crippen molar-refractivity contribution in [2.24, 2.45) is 0 Å². The molecule has 1 rings (SSSR count). The molecule has 1 aromatic carbocycles. The topological polar surface area (TPSA) is 75.6 Å². The smallest absolute Gasteiger partial charge is 0.428 e. The number of amides is 1. The first-order valence-corrected chi connectivity index (χ1v) is 6.99. The zero-order valence-corrected chi connectivity index (χ0v) is 12.7. The van der Waals surface area contributed by atoms with Gasteiger partial charge in [0.05, 0.1) is 13.0 Å². The average Bonchev–Trinajstić information content (AvgIpc) is 2.46. The Morgan fingerprint density at radius 2 is 1.74 bits per heavy atom. The lowest BCUT2D eigenvalue weighted by atomic mass is 9.98. The molecule has 0 aliphatic carbocycles. The van der Waals surface area contributed by atoms with E-state index < -0.39 is 30.1 Å². The van der Waals surface area contributed by atoms with Gasteiger partial charge in [-0.05, 0) is 31.0 Å². The number of aryl methyl sites for hydroxylation is 1. The van der Waals surface area contributed by atoms with Crippen molar-refractivity contribution in [3.8, 4) is 0 Å². The molecule has 0 aromatic heterocycles. The van der Waals surface area contributed by atoms with Crippen LogP contribution >= 0.6 is 0 Å². The van der Waals surface area contributed by atoms with Crippen LogP contribution in [0.4, 0.5) is 18.9 Å². The zero-order chi connectivity index (χ0) is 17.7. The van der Waals surface area contributed by atoms with E-state index in [2.05, 4.69) is 10.1 Å². The van der Waals surface area contributed by atoms with Gasteiger partial charge in [-0.3, -0.25) is 4.79 Å². The second-order valence-electron chi connectivity index (χ2n) is 4.85. The average molecular weight is 333 g/mol. The monoisotopic (exact) mass is 333 g/mol. The highest BCUT2D eigenvalue weighted by Gasteiger charge is 2.61. The third-order valence-corrected chi connectivity index (χ3v) is 3.14. The number of anilines is 1. The van der Waals surface area contributed by atoms with Crippen molar-refractivity contribution in [3.63, 3.8) is 0 Å². The van der Waals surface area contributed by atoms with Gasteiger partial charge in [-0.2, -0.15) is 13.2 Å². The predicted molar refractivity (Wildman–Crippen MR) is 76.7 cm³/mol. The van der Waals surface area contributed by atoms with Crippen LogP contribution < -0.4 is 5.32 Å². The molecule has 0 bridgehead atoms. The molecule has 1 aromatic rings. The number of rotatable bonds is 6. The third-order valence-electron chi connectivity index (χ3n) is 3.14. The van der Waals surface area contributed by atoms with E-state index in [9.17, 15) is 27.9 Å². The lowest BCUT2D eigenvalue weighted by molar-refractivity contribution is -0.262. The summed E-state index contributed by atoms with van der Waals surface area (Å²) >= 11 is 0. The van der Waals surface area contributed by atoms with Gasteiger partial charge in [-0.25, -0.2) is 4.79 Å². The molecule has 0 saturated heterocycles. The van der Waals surface area contributed by atoms with Crippen LogP contribution in [0.1, 0.15) is 25.8 Å². The summed E-state index contributed by atoms with van der Waals surface area (Å²) in [4.78, 5) is 23.2. The van der Waals surface area contributed by atoms with Crippen molar-refractivity contribution in [1.29, 1.82) is 0 Å². The summed E-state index contributed by atoms with van der Waals surface area (Å²) in [6.45, 7) is 2.87. The minimum atomic E-state index is -5.33. The Bertz CT molecular complexity index is 557. The highest BCUT2D eigenvalue weighted by Crippen LogP contribution is 2.34. The summed E-state index contributed by atoms with van der Waals surface area (Å²) in [7, 11) is 0. The molecule has 8 heteroatoms. The maximum Gasteiger partial charge on any atom is 0.428 e. The van der Waals surface area contributed by atoms with E-state index in [1.165, 1.54) is 19.1 Å². The second kappa shape index (κ2) is 7.45. The largest absolute Gasteiger partial charge is 0.464 e. The fourth-order valence-electron chi connectivity index (χ4n) is 1.80. The maximum atomic E-state index is 12.9. The van der Waals surface area contributed by atoms with Crippen molar-refractivity contribution in [2.75, 3.05) is 11.9 Å². The molecule has 0 fully saturated rings. The standard InChI is InChI=1S/C15H18F3NO4/c1-3-10-5-7-11(8-6-10)19-12(20)9-14(22,15(16,17)18)13(21)23-4-2/h5-8,22H,3-4,9H2,1-2H3,(H,19,20)/t14-/m0/s1. The molecule has 0 radical (unpaired) electrons. The summed E-state index contributed by atoms with van der Waals surface area (Å²) in [6, 6.07) is 6.45. The molecular formula is C15H18F3NO4. The van der Waals surface area contributed by atoms with E-state index >= 15 is 0 Å². The Hall–Kier alpha value is -2.09. The third kappa shape index (κ3) is 4.69. The number of carbonyl (C=O) groups is 2. The summed E-state index contributed by atoms with van der Waals surface area (Å²) in [5.74, 6) is -3.05. The molecule has 1 atom stereocenters. The summed E-state index contributed by atoms with van der Waals surface area (Å²) in [5, 5.41) is 11.8. The molecule has 0 heterocycles. The molecule has 0 spiro atoms. The van der Waals surface area contributed by atoms with Crippen molar-refractivity contribution in [1.82, 2.24) is 0 Å². The van der Waals surface area contributed by atoms with Crippen LogP contribution in [-0.2, 0) is 20.7 Å². The molecule has 0 aliphatic rings. The normalized spacial score (nSPS) is 14.0. The number of hydrogen-bond acceptors (Lipinski definition) is 4. The molecule has 2 N–H and O–H groups in total. The number of halogens is 3.